The molecule has 40 heavy (non-hydrogen) atoms. The van der Waals surface area contributed by atoms with Gasteiger partial charge in [-0.25, -0.2) is 8.78 Å². The van der Waals surface area contributed by atoms with E-state index in [9.17, 15) is 36.3 Å². The molecule has 0 saturated carbocycles. The number of nitrogens with one attached hydrogen (secondary N) is 1. The average Bonchev–Trinajstić information content (AvgIpc) is 3.43. The van der Waals surface area contributed by atoms with Crippen LogP contribution in [-0.2, 0) is 27.0 Å². The van der Waals surface area contributed by atoms with E-state index in [-0.39, 0.29) is 45.4 Å². The molecule has 0 aliphatic carbocycles. The molecule has 2 N–H and O–H groups in total. The number of thioether (sulfide) groups is 1. The van der Waals surface area contributed by atoms with Crippen LogP contribution in [0.3, 0.4) is 0 Å². The van der Waals surface area contributed by atoms with E-state index in [1.807, 2.05) is 0 Å². The van der Waals surface area contributed by atoms with E-state index in [0.717, 1.165) is 30.0 Å². The molecule has 1 aromatic heterocycles. The number of hydrogen-bond acceptors (Lipinski definition) is 6. The number of halogens is 5. The number of carboxylic acid groups (broad SMARTS) is 1. The largest absolute Gasteiger partial charge is 0.481 e. The predicted octanol–water partition coefficient (Wildman–Crippen LogP) is 6.57. The van der Waals surface area contributed by atoms with E-state index in [4.69, 9.17) is 17.3 Å². The van der Waals surface area contributed by atoms with E-state index in [1.54, 1.807) is 11.4 Å². The smallest absolute Gasteiger partial charge is 0.419 e. The second-order valence-corrected chi connectivity index (χ2v) is 11.1. The van der Waals surface area contributed by atoms with Gasteiger partial charge in [0, 0.05) is 17.8 Å². The number of benzene rings is 2. The van der Waals surface area contributed by atoms with Gasteiger partial charge in [0.2, 0.25) is 5.91 Å². The second-order valence-electron chi connectivity index (χ2n) is 8.45. The lowest BCUT2D eigenvalue weighted by Gasteiger charge is -2.14. The molecule has 6 nitrogen and oxygen atoms in total. The third-order valence-corrected chi connectivity index (χ3v) is 7.85. The Balaban J connectivity index is 1.39. The predicted molar refractivity (Wildman–Crippen MR) is 146 cm³/mol. The lowest BCUT2D eigenvalue weighted by molar-refractivity contribution is -0.140. The third-order valence-electron chi connectivity index (χ3n) is 5.60. The lowest BCUT2D eigenvalue weighted by atomic mass is 10.0. The van der Waals surface area contributed by atoms with Gasteiger partial charge >= 0.3 is 12.1 Å². The lowest BCUT2D eigenvalue weighted by Crippen LogP contribution is -2.31. The first kappa shape index (κ1) is 29.4. The normalized spacial score (nSPS) is 14.7. The molecule has 0 unspecified atom stereocenters. The van der Waals surface area contributed by atoms with Crippen LogP contribution in [0, 0.1) is 11.6 Å². The van der Waals surface area contributed by atoms with Crippen LogP contribution in [0.5, 0.6) is 0 Å². The first-order valence-electron chi connectivity index (χ1n) is 11.3. The number of anilines is 1. The molecule has 1 aliphatic heterocycles. The Kier molecular flexibility index (Phi) is 8.71. The Morgan fingerprint density at radius 3 is 2.48 bits per heavy atom. The van der Waals surface area contributed by atoms with Crippen molar-refractivity contribution in [3.63, 3.8) is 0 Å². The summed E-state index contributed by atoms with van der Waals surface area (Å²) in [5, 5.41) is 12.8. The summed E-state index contributed by atoms with van der Waals surface area (Å²) in [7, 11) is 0. The zero-order valence-corrected chi connectivity index (χ0v) is 22.5. The van der Waals surface area contributed by atoms with Gasteiger partial charge < -0.3 is 10.4 Å². The number of alkyl halides is 3. The van der Waals surface area contributed by atoms with Crippen LogP contribution in [0.15, 0.2) is 52.7 Å². The highest BCUT2D eigenvalue weighted by Gasteiger charge is 2.35. The molecule has 14 heteroatoms. The van der Waals surface area contributed by atoms with Gasteiger partial charge in [0.1, 0.15) is 16.0 Å². The summed E-state index contributed by atoms with van der Waals surface area (Å²) in [6, 6.07) is 7.91. The van der Waals surface area contributed by atoms with Crippen molar-refractivity contribution in [3.05, 3.63) is 80.4 Å². The fourth-order valence-corrected chi connectivity index (χ4v) is 5.92. The number of rotatable bonds is 8. The van der Waals surface area contributed by atoms with Gasteiger partial charge in [-0.3, -0.25) is 19.3 Å². The summed E-state index contributed by atoms with van der Waals surface area (Å²) in [5.74, 6) is -4.36. The number of nitrogens with zero attached hydrogens (tertiary/aromatic N) is 1. The van der Waals surface area contributed by atoms with Crippen molar-refractivity contribution >= 4 is 69.2 Å². The number of thiocarbonyl (C=S) groups is 1. The zero-order valence-electron chi connectivity index (χ0n) is 20.1. The van der Waals surface area contributed by atoms with Crippen LogP contribution < -0.4 is 5.32 Å². The minimum atomic E-state index is -4.84. The van der Waals surface area contributed by atoms with Crippen molar-refractivity contribution in [2.45, 2.75) is 19.0 Å². The number of thiophene rings is 1. The molecule has 208 valence electrons. The van der Waals surface area contributed by atoms with E-state index >= 15 is 0 Å². The maximum absolute atomic E-state index is 14.2. The molecule has 4 rings (SSSR count). The number of hydrogen-bond donors (Lipinski definition) is 2. The molecular formula is C26H17F5N2O4S3. The summed E-state index contributed by atoms with van der Waals surface area (Å²) in [4.78, 5) is 38.0. The average molecular weight is 613 g/mol. The Morgan fingerprint density at radius 1 is 1.05 bits per heavy atom. The second kappa shape index (κ2) is 11.9. The van der Waals surface area contributed by atoms with Gasteiger partial charge in [-0.05, 0) is 58.5 Å². The van der Waals surface area contributed by atoms with Gasteiger partial charge in [0.25, 0.3) is 5.91 Å². The van der Waals surface area contributed by atoms with Crippen molar-refractivity contribution in [1.82, 2.24) is 4.90 Å². The molecule has 1 fully saturated rings. The number of carbonyl (C=O) groups excluding carboxylic acids is 2. The van der Waals surface area contributed by atoms with Crippen molar-refractivity contribution in [2.75, 3.05) is 11.9 Å². The fourth-order valence-electron chi connectivity index (χ4n) is 3.69. The number of carboxylic acids is 1. The minimum absolute atomic E-state index is 0.0853. The monoisotopic (exact) mass is 612 g/mol. The molecule has 1 aliphatic rings. The van der Waals surface area contributed by atoms with Crippen LogP contribution in [0.25, 0.3) is 17.2 Å². The Hall–Kier alpha value is -3.62. The molecule has 1 saturated heterocycles. The first-order valence-corrected chi connectivity index (χ1v) is 13.4. The van der Waals surface area contributed by atoms with Crippen LogP contribution >= 0.6 is 35.3 Å². The van der Waals surface area contributed by atoms with Crippen molar-refractivity contribution in [3.8, 4) is 11.1 Å². The molecule has 2 aromatic carbocycles. The fraction of sp³-hybridized carbons (Fsp3) is 0.154. The quantitative estimate of drug-likeness (QED) is 0.170. The molecule has 0 bridgehead atoms. The number of aliphatic carboxylic acids is 1. The van der Waals surface area contributed by atoms with Crippen molar-refractivity contribution in [2.24, 2.45) is 0 Å². The van der Waals surface area contributed by atoms with Crippen molar-refractivity contribution < 1.29 is 41.4 Å². The summed E-state index contributed by atoms with van der Waals surface area (Å²) < 4.78 is 67.2. The van der Waals surface area contributed by atoms with Gasteiger partial charge in [-0.2, -0.15) is 13.2 Å². The first-order chi connectivity index (χ1) is 18.8. The Morgan fingerprint density at radius 2 is 1.80 bits per heavy atom. The highest BCUT2D eigenvalue weighted by atomic mass is 32.2. The van der Waals surface area contributed by atoms with Crippen LogP contribution in [0.1, 0.15) is 22.4 Å². The molecular weight excluding hydrogens is 595 g/mol. The molecule has 2 heterocycles. The highest BCUT2D eigenvalue weighted by Crippen LogP contribution is 2.37. The summed E-state index contributed by atoms with van der Waals surface area (Å²) in [6.07, 6.45) is -3.89. The van der Waals surface area contributed by atoms with Gasteiger partial charge in [0.05, 0.1) is 22.6 Å². The number of carbonyl (C=O) groups is 3. The van der Waals surface area contributed by atoms with Gasteiger partial charge in [-0.1, -0.05) is 36.1 Å². The summed E-state index contributed by atoms with van der Waals surface area (Å²) in [6.45, 7) is -0.0853. The highest BCUT2D eigenvalue weighted by molar-refractivity contribution is 8.26. The maximum atomic E-state index is 14.2. The topological polar surface area (TPSA) is 86.7 Å². The van der Waals surface area contributed by atoms with E-state index < -0.39 is 41.2 Å². The molecule has 3 aromatic rings. The third kappa shape index (κ3) is 6.92. The van der Waals surface area contributed by atoms with E-state index in [1.165, 1.54) is 40.5 Å². The summed E-state index contributed by atoms with van der Waals surface area (Å²) in [5.41, 5.74) is -0.704. The van der Waals surface area contributed by atoms with Crippen LogP contribution in [-0.4, -0.2) is 38.7 Å². The van der Waals surface area contributed by atoms with Crippen molar-refractivity contribution in [1.29, 1.82) is 0 Å². The number of amides is 2. The molecule has 0 spiro atoms. The van der Waals surface area contributed by atoms with Crippen LogP contribution in [0.4, 0.5) is 27.6 Å². The maximum Gasteiger partial charge on any atom is 0.419 e. The van der Waals surface area contributed by atoms with Gasteiger partial charge in [0.15, 0.2) is 0 Å². The van der Waals surface area contributed by atoms with Gasteiger partial charge in [-0.15, -0.1) is 11.3 Å². The standard InChI is InChI=1S/C26H17F5N2O4S3/c27-18-3-2-14(10-17(18)26(29,30)31)15-9-16(39-12-15)11-21-24(37)33(25(38)40-21)6-5-22(34)32-20-4-1-13(7-19(20)28)8-23(35)36/h1-4,7,9-12H,5-6,8H2,(H,32,34)(H,35,36). The Labute approximate surface area is 237 Å². The van der Waals surface area contributed by atoms with E-state index in [2.05, 4.69) is 5.32 Å². The molecule has 2 amide bonds. The minimum Gasteiger partial charge on any atom is -0.481 e. The Bertz CT molecular complexity index is 1550. The van der Waals surface area contributed by atoms with Crippen LogP contribution in [0.2, 0.25) is 0 Å². The van der Waals surface area contributed by atoms with E-state index in [0.29, 0.717) is 10.4 Å². The zero-order chi connectivity index (χ0) is 29.2. The SMILES string of the molecule is O=C(O)Cc1ccc(NC(=O)CCN2C(=O)C(=Cc3cc(-c4ccc(F)c(C(F)(F)F)c4)cs3)SC2=S)c(F)c1. The molecule has 0 radical (unpaired) electrons. The summed E-state index contributed by atoms with van der Waals surface area (Å²) >= 11 is 7.41. The molecule has 0 atom stereocenters.